The fraction of sp³-hybridized carbons (Fsp3) is 0.571. The standard InChI is InChI=1S/C14H23NO2/c1-5-16-12(3)15(13(4)17-6-2)14-10-8-7-9-11-14/h7-13H,5-6H2,1-4H3. The average molecular weight is 237 g/mol. The highest BCUT2D eigenvalue weighted by Crippen LogP contribution is 2.20. The van der Waals surface area contributed by atoms with Gasteiger partial charge in [-0.05, 0) is 39.8 Å². The van der Waals surface area contributed by atoms with Crippen LogP contribution in [0, 0.1) is 0 Å². The van der Waals surface area contributed by atoms with Crippen molar-refractivity contribution in [2.75, 3.05) is 18.1 Å². The van der Waals surface area contributed by atoms with Crippen molar-refractivity contribution in [2.45, 2.75) is 40.2 Å². The van der Waals surface area contributed by atoms with Gasteiger partial charge in [-0.25, -0.2) is 0 Å². The summed E-state index contributed by atoms with van der Waals surface area (Å²) in [5.41, 5.74) is 1.12. The quantitative estimate of drug-likeness (QED) is 0.679. The second kappa shape index (κ2) is 7.30. The maximum Gasteiger partial charge on any atom is 0.129 e. The Kier molecular flexibility index (Phi) is 6.01. The second-order valence-electron chi connectivity index (χ2n) is 3.85. The zero-order valence-electron chi connectivity index (χ0n) is 11.2. The van der Waals surface area contributed by atoms with E-state index in [1.165, 1.54) is 0 Å². The van der Waals surface area contributed by atoms with Crippen LogP contribution in [0.1, 0.15) is 27.7 Å². The highest BCUT2D eigenvalue weighted by atomic mass is 16.5. The molecule has 96 valence electrons. The van der Waals surface area contributed by atoms with E-state index in [0.717, 1.165) is 5.69 Å². The molecule has 0 saturated carbocycles. The summed E-state index contributed by atoms with van der Waals surface area (Å²) >= 11 is 0. The Morgan fingerprint density at radius 1 is 0.941 bits per heavy atom. The molecule has 0 aromatic heterocycles. The summed E-state index contributed by atoms with van der Waals surface area (Å²) in [6, 6.07) is 10.2. The van der Waals surface area contributed by atoms with E-state index in [0.29, 0.717) is 13.2 Å². The molecule has 1 rings (SSSR count). The zero-order chi connectivity index (χ0) is 12.7. The van der Waals surface area contributed by atoms with E-state index in [2.05, 4.69) is 17.0 Å². The lowest BCUT2D eigenvalue weighted by Gasteiger charge is -2.35. The van der Waals surface area contributed by atoms with Gasteiger partial charge >= 0.3 is 0 Å². The van der Waals surface area contributed by atoms with Crippen LogP contribution < -0.4 is 4.90 Å². The number of anilines is 1. The van der Waals surface area contributed by atoms with Crippen LogP contribution in [0.3, 0.4) is 0 Å². The van der Waals surface area contributed by atoms with Crippen molar-refractivity contribution in [1.29, 1.82) is 0 Å². The van der Waals surface area contributed by atoms with Gasteiger partial charge in [0.05, 0.1) is 0 Å². The molecule has 1 aromatic rings. The fourth-order valence-electron chi connectivity index (χ4n) is 1.96. The van der Waals surface area contributed by atoms with E-state index in [4.69, 9.17) is 9.47 Å². The molecule has 0 radical (unpaired) electrons. The first kappa shape index (κ1) is 14.0. The first-order valence-corrected chi connectivity index (χ1v) is 6.27. The molecule has 0 bridgehead atoms. The number of hydrogen-bond donors (Lipinski definition) is 0. The van der Waals surface area contributed by atoms with E-state index >= 15 is 0 Å². The van der Waals surface area contributed by atoms with Crippen LogP contribution in [0.15, 0.2) is 30.3 Å². The minimum Gasteiger partial charge on any atom is -0.359 e. The third kappa shape index (κ3) is 4.02. The van der Waals surface area contributed by atoms with E-state index in [1.807, 2.05) is 45.9 Å². The zero-order valence-corrected chi connectivity index (χ0v) is 11.2. The van der Waals surface area contributed by atoms with Crippen LogP contribution in [0.5, 0.6) is 0 Å². The number of nitrogens with zero attached hydrogens (tertiary/aromatic N) is 1. The van der Waals surface area contributed by atoms with Crippen molar-refractivity contribution in [1.82, 2.24) is 0 Å². The summed E-state index contributed by atoms with van der Waals surface area (Å²) in [6.45, 7) is 9.50. The normalized spacial score (nSPS) is 14.4. The van der Waals surface area contributed by atoms with Gasteiger partial charge in [-0.1, -0.05) is 18.2 Å². The van der Waals surface area contributed by atoms with E-state index < -0.39 is 0 Å². The molecule has 0 heterocycles. The Morgan fingerprint density at radius 3 is 1.82 bits per heavy atom. The molecule has 1 aromatic carbocycles. The van der Waals surface area contributed by atoms with Gasteiger partial charge in [0.15, 0.2) is 0 Å². The molecule has 0 saturated heterocycles. The maximum absolute atomic E-state index is 5.67. The van der Waals surface area contributed by atoms with Crippen molar-refractivity contribution in [3.8, 4) is 0 Å². The SMILES string of the molecule is CCOC(C)N(c1ccccc1)C(C)OCC. The lowest BCUT2D eigenvalue weighted by molar-refractivity contribution is 0.00826. The largest absolute Gasteiger partial charge is 0.359 e. The first-order valence-electron chi connectivity index (χ1n) is 6.27. The van der Waals surface area contributed by atoms with Gasteiger partial charge in [-0.3, -0.25) is 0 Å². The molecule has 0 fully saturated rings. The van der Waals surface area contributed by atoms with Crippen molar-refractivity contribution in [3.05, 3.63) is 30.3 Å². The van der Waals surface area contributed by atoms with Crippen LogP contribution in [0.4, 0.5) is 5.69 Å². The smallest absolute Gasteiger partial charge is 0.129 e. The molecule has 0 aliphatic rings. The van der Waals surface area contributed by atoms with Gasteiger partial charge < -0.3 is 14.4 Å². The summed E-state index contributed by atoms with van der Waals surface area (Å²) in [5, 5.41) is 0. The van der Waals surface area contributed by atoms with Gasteiger partial charge in [0.25, 0.3) is 0 Å². The molecule has 2 atom stereocenters. The predicted octanol–water partition coefficient (Wildman–Crippen LogP) is 3.26. The summed E-state index contributed by atoms with van der Waals surface area (Å²) in [7, 11) is 0. The topological polar surface area (TPSA) is 21.7 Å². The molecule has 0 spiro atoms. The molecule has 0 N–H and O–H groups in total. The number of ether oxygens (including phenoxy) is 2. The van der Waals surface area contributed by atoms with Gasteiger partial charge in [0, 0.05) is 18.9 Å². The molecular weight excluding hydrogens is 214 g/mol. The maximum atomic E-state index is 5.67. The highest BCUT2D eigenvalue weighted by molar-refractivity contribution is 5.46. The van der Waals surface area contributed by atoms with Gasteiger partial charge in [0.1, 0.15) is 12.5 Å². The van der Waals surface area contributed by atoms with Crippen molar-refractivity contribution in [2.24, 2.45) is 0 Å². The van der Waals surface area contributed by atoms with Crippen LogP contribution in [0.25, 0.3) is 0 Å². The molecule has 3 heteroatoms. The molecular formula is C14H23NO2. The van der Waals surface area contributed by atoms with E-state index in [1.54, 1.807) is 0 Å². The minimum atomic E-state index is 0.00366. The lowest BCUT2D eigenvalue weighted by Crippen LogP contribution is -2.43. The number of hydrogen-bond acceptors (Lipinski definition) is 3. The van der Waals surface area contributed by atoms with Gasteiger partial charge in [-0.15, -0.1) is 0 Å². The number of benzene rings is 1. The summed E-state index contributed by atoms with van der Waals surface area (Å²) in [4.78, 5) is 2.15. The van der Waals surface area contributed by atoms with Crippen LogP contribution in [0.2, 0.25) is 0 Å². The van der Waals surface area contributed by atoms with E-state index in [9.17, 15) is 0 Å². The lowest BCUT2D eigenvalue weighted by atomic mass is 10.2. The Bertz CT molecular complexity index is 290. The monoisotopic (exact) mass is 237 g/mol. The van der Waals surface area contributed by atoms with Crippen molar-refractivity contribution in [3.63, 3.8) is 0 Å². The van der Waals surface area contributed by atoms with Crippen molar-refractivity contribution < 1.29 is 9.47 Å². The number of para-hydroxylation sites is 1. The molecule has 17 heavy (non-hydrogen) atoms. The molecule has 0 amide bonds. The van der Waals surface area contributed by atoms with E-state index in [-0.39, 0.29) is 12.5 Å². The van der Waals surface area contributed by atoms with Crippen LogP contribution >= 0.6 is 0 Å². The Balaban J connectivity index is 2.86. The van der Waals surface area contributed by atoms with Crippen LogP contribution in [-0.4, -0.2) is 25.7 Å². The second-order valence-corrected chi connectivity index (χ2v) is 3.85. The van der Waals surface area contributed by atoms with Crippen LogP contribution in [-0.2, 0) is 9.47 Å². The molecule has 3 nitrogen and oxygen atoms in total. The number of rotatable bonds is 7. The van der Waals surface area contributed by atoms with Gasteiger partial charge in [-0.2, -0.15) is 0 Å². The first-order chi connectivity index (χ1) is 8.20. The Morgan fingerprint density at radius 2 is 1.41 bits per heavy atom. The summed E-state index contributed by atoms with van der Waals surface area (Å²) < 4.78 is 11.3. The molecule has 0 aliphatic heterocycles. The minimum absolute atomic E-state index is 0.00366. The van der Waals surface area contributed by atoms with Crippen molar-refractivity contribution >= 4 is 5.69 Å². The summed E-state index contributed by atoms with van der Waals surface area (Å²) in [6.07, 6.45) is 0.00731. The average Bonchev–Trinajstić information content (AvgIpc) is 2.31. The third-order valence-electron chi connectivity index (χ3n) is 2.65. The predicted molar refractivity (Wildman–Crippen MR) is 71.1 cm³/mol. The molecule has 0 aliphatic carbocycles. The highest BCUT2D eigenvalue weighted by Gasteiger charge is 2.20. The van der Waals surface area contributed by atoms with Gasteiger partial charge in [0.2, 0.25) is 0 Å². The molecule has 2 unspecified atom stereocenters. The third-order valence-corrected chi connectivity index (χ3v) is 2.65. The Hall–Kier alpha value is -1.06. The summed E-state index contributed by atoms with van der Waals surface area (Å²) in [5.74, 6) is 0. The fourth-order valence-corrected chi connectivity index (χ4v) is 1.96. The Labute approximate surface area is 104 Å².